The van der Waals surface area contributed by atoms with Gasteiger partial charge in [0.1, 0.15) is 0 Å². The molecule has 1 aromatic heterocycles. The fraction of sp³-hybridized carbons (Fsp3) is 0.391. The van der Waals surface area contributed by atoms with Gasteiger partial charge in [0.15, 0.2) is 16.6 Å². The second-order valence-corrected chi connectivity index (χ2v) is 9.05. The Morgan fingerprint density at radius 2 is 1.94 bits per heavy atom. The predicted molar refractivity (Wildman–Crippen MR) is 130 cm³/mol. The first kappa shape index (κ1) is 22.6. The molecule has 0 unspecified atom stereocenters. The Hall–Kier alpha value is -2.55. The number of aryl methyl sites for hydroxylation is 1. The largest absolute Gasteiger partial charge is 0.493 e. The molecule has 1 aliphatic rings. The van der Waals surface area contributed by atoms with Crippen molar-refractivity contribution in [3.8, 4) is 11.5 Å². The van der Waals surface area contributed by atoms with Crippen LogP contribution in [0.25, 0.3) is 10.2 Å². The molecule has 2 aromatic carbocycles. The molecule has 0 spiro atoms. The zero-order valence-electron chi connectivity index (χ0n) is 18.5. The van der Waals surface area contributed by atoms with Crippen LogP contribution < -0.4 is 19.7 Å². The number of halogens is 1. The smallest absolute Gasteiger partial charge is 0.255 e. The van der Waals surface area contributed by atoms with Gasteiger partial charge in [0, 0.05) is 39.3 Å². The summed E-state index contributed by atoms with van der Waals surface area (Å²) < 4.78 is 11.7. The second kappa shape index (κ2) is 9.94. The number of fused-ring (bicyclic) bond motifs is 1. The Kier molecular flexibility index (Phi) is 7.03. The van der Waals surface area contributed by atoms with Crippen molar-refractivity contribution < 1.29 is 14.3 Å². The van der Waals surface area contributed by atoms with E-state index >= 15 is 0 Å². The number of para-hydroxylation sites is 1. The first-order valence-corrected chi connectivity index (χ1v) is 11.7. The predicted octanol–water partition coefficient (Wildman–Crippen LogP) is 3.83. The minimum atomic E-state index is -0.166. The van der Waals surface area contributed by atoms with Crippen molar-refractivity contribution in [3.05, 3.63) is 46.5 Å². The molecule has 0 atom stereocenters. The maximum atomic E-state index is 12.6. The fourth-order valence-electron chi connectivity index (χ4n) is 3.88. The number of anilines is 1. The van der Waals surface area contributed by atoms with Gasteiger partial charge in [-0.3, -0.25) is 9.69 Å². The Bertz CT molecular complexity index is 1070. The number of methoxy groups -OCH3 is 2. The molecule has 4 rings (SSSR count). The summed E-state index contributed by atoms with van der Waals surface area (Å²) in [4.78, 5) is 22.1. The van der Waals surface area contributed by atoms with Crippen LogP contribution in [0.1, 0.15) is 15.9 Å². The molecule has 1 N–H and O–H groups in total. The number of piperazine rings is 1. The van der Waals surface area contributed by atoms with E-state index < -0.39 is 0 Å². The van der Waals surface area contributed by atoms with E-state index in [1.807, 2.05) is 12.1 Å². The molecule has 0 saturated carbocycles. The summed E-state index contributed by atoms with van der Waals surface area (Å²) in [5.41, 5.74) is 2.62. The Morgan fingerprint density at radius 1 is 1.16 bits per heavy atom. The van der Waals surface area contributed by atoms with Crippen molar-refractivity contribution in [3.63, 3.8) is 0 Å². The average molecular weight is 475 g/mol. The van der Waals surface area contributed by atoms with Crippen molar-refractivity contribution in [2.45, 2.75) is 6.92 Å². The van der Waals surface area contributed by atoms with Crippen LogP contribution in [0.4, 0.5) is 5.13 Å². The summed E-state index contributed by atoms with van der Waals surface area (Å²) in [5, 5.41) is 4.77. The van der Waals surface area contributed by atoms with Crippen LogP contribution in [0.5, 0.6) is 11.5 Å². The molecule has 1 amide bonds. The van der Waals surface area contributed by atoms with E-state index in [4.69, 9.17) is 26.1 Å². The molecular formula is C23H27ClN4O3S. The lowest BCUT2D eigenvalue weighted by Gasteiger charge is -2.34. The van der Waals surface area contributed by atoms with E-state index in [1.165, 1.54) is 7.11 Å². The van der Waals surface area contributed by atoms with Gasteiger partial charge >= 0.3 is 0 Å². The molecule has 0 radical (unpaired) electrons. The summed E-state index contributed by atoms with van der Waals surface area (Å²) in [7, 11) is 3.10. The molecule has 170 valence electrons. The van der Waals surface area contributed by atoms with Crippen LogP contribution in [-0.4, -0.2) is 69.3 Å². The highest BCUT2D eigenvalue weighted by Crippen LogP contribution is 2.36. The Balaban J connectivity index is 1.29. The van der Waals surface area contributed by atoms with Crippen LogP contribution in [0.15, 0.2) is 30.3 Å². The van der Waals surface area contributed by atoms with Gasteiger partial charge in [0.25, 0.3) is 5.91 Å². The summed E-state index contributed by atoms with van der Waals surface area (Å²) >= 11 is 8.02. The van der Waals surface area contributed by atoms with Crippen LogP contribution in [-0.2, 0) is 0 Å². The van der Waals surface area contributed by atoms with E-state index in [9.17, 15) is 4.79 Å². The third-order valence-electron chi connectivity index (χ3n) is 5.69. The van der Waals surface area contributed by atoms with Crippen LogP contribution in [0.3, 0.4) is 0 Å². The minimum Gasteiger partial charge on any atom is -0.493 e. The number of nitrogens with one attached hydrogen (secondary N) is 1. The lowest BCUT2D eigenvalue weighted by molar-refractivity contribution is 0.0944. The van der Waals surface area contributed by atoms with E-state index in [-0.39, 0.29) is 5.91 Å². The maximum absolute atomic E-state index is 12.6. The number of carbonyl (C=O) groups is 1. The van der Waals surface area contributed by atoms with E-state index in [0.717, 1.165) is 58.7 Å². The molecule has 1 saturated heterocycles. The zero-order valence-corrected chi connectivity index (χ0v) is 20.1. The van der Waals surface area contributed by atoms with Crippen molar-refractivity contribution in [1.82, 2.24) is 15.2 Å². The normalized spacial score (nSPS) is 14.6. The third-order valence-corrected chi connectivity index (χ3v) is 7.27. The molecule has 7 nitrogen and oxygen atoms in total. The number of benzene rings is 2. The number of carbonyl (C=O) groups excluding carboxylic acids is 1. The first-order chi connectivity index (χ1) is 15.5. The molecule has 1 fully saturated rings. The number of ether oxygens (including phenoxy) is 2. The van der Waals surface area contributed by atoms with Crippen molar-refractivity contribution >= 4 is 44.2 Å². The molecule has 0 aliphatic carbocycles. The highest BCUT2D eigenvalue weighted by molar-refractivity contribution is 7.22. The summed E-state index contributed by atoms with van der Waals surface area (Å²) in [6.45, 7) is 7.05. The molecule has 0 bridgehead atoms. The molecule has 32 heavy (non-hydrogen) atoms. The van der Waals surface area contributed by atoms with Gasteiger partial charge in [-0.2, -0.15) is 0 Å². The maximum Gasteiger partial charge on any atom is 0.255 e. The van der Waals surface area contributed by atoms with Gasteiger partial charge in [0.2, 0.25) is 0 Å². The average Bonchev–Trinajstić information content (AvgIpc) is 3.28. The van der Waals surface area contributed by atoms with Crippen LogP contribution >= 0.6 is 22.9 Å². The van der Waals surface area contributed by atoms with E-state index in [2.05, 4.69) is 22.0 Å². The van der Waals surface area contributed by atoms with Gasteiger partial charge < -0.3 is 19.7 Å². The first-order valence-electron chi connectivity index (χ1n) is 10.5. The number of aromatic nitrogens is 1. The monoisotopic (exact) mass is 474 g/mol. The van der Waals surface area contributed by atoms with Crippen molar-refractivity contribution in [2.75, 3.05) is 58.4 Å². The fourth-order valence-corrected chi connectivity index (χ4v) is 5.25. The summed E-state index contributed by atoms with van der Waals surface area (Å²) in [6.07, 6.45) is 0. The van der Waals surface area contributed by atoms with Gasteiger partial charge in [-0.15, -0.1) is 0 Å². The van der Waals surface area contributed by atoms with Gasteiger partial charge in [0.05, 0.1) is 35.0 Å². The van der Waals surface area contributed by atoms with Gasteiger partial charge in [-0.1, -0.05) is 35.1 Å². The van der Waals surface area contributed by atoms with E-state index in [1.54, 1.807) is 36.6 Å². The number of hydrogen-bond acceptors (Lipinski definition) is 7. The van der Waals surface area contributed by atoms with Crippen LogP contribution in [0.2, 0.25) is 5.02 Å². The summed E-state index contributed by atoms with van der Waals surface area (Å²) in [5.74, 6) is 0.830. The highest BCUT2D eigenvalue weighted by atomic mass is 35.5. The van der Waals surface area contributed by atoms with Crippen LogP contribution in [0, 0.1) is 6.92 Å². The lowest BCUT2D eigenvalue weighted by Crippen LogP contribution is -2.48. The number of hydrogen-bond donors (Lipinski definition) is 1. The molecule has 9 heteroatoms. The number of rotatable bonds is 7. The quantitative estimate of drug-likeness (QED) is 0.561. The van der Waals surface area contributed by atoms with Crippen molar-refractivity contribution in [1.29, 1.82) is 0 Å². The molecular weight excluding hydrogens is 448 g/mol. The summed E-state index contributed by atoms with van der Waals surface area (Å²) in [6, 6.07) is 9.25. The van der Waals surface area contributed by atoms with Gasteiger partial charge in [-0.25, -0.2) is 4.98 Å². The third kappa shape index (κ3) is 4.62. The van der Waals surface area contributed by atoms with Crippen molar-refractivity contribution in [2.24, 2.45) is 0 Å². The number of thiazole rings is 1. The lowest BCUT2D eigenvalue weighted by atomic mass is 10.1. The topological polar surface area (TPSA) is 66.9 Å². The Morgan fingerprint density at radius 3 is 2.62 bits per heavy atom. The number of amides is 1. The standard InChI is InChI=1S/C23H27ClN4O3S/c1-15-7-8-17(24)21-19(15)26-23(32-21)28-13-11-27(12-14-28)10-9-25-22(29)16-5-4-6-18(30-2)20(16)31-3/h4-8H,9-14H2,1-3H3,(H,25,29). The SMILES string of the molecule is COc1cccc(C(=O)NCCN2CCN(c3nc4c(C)ccc(Cl)c4s3)CC2)c1OC. The molecule has 3 aromatic rings. The zero-order chi connectivity index (χ0) is 22.7. The van der Waals surface area contributed by atoms with Gasteiger partial charge in [-0.05, 0) is 30.7 Å². The highest BCUT2D eigenvalue weighted by Gasteiger charge is 2.21. The minimum absolute atomic E-state index is 0.166. The van der Waals surface area contributed by atoms with E-state index in [0.29, 0.717) is 23.6 Å². The molecule has 1 aliphatic heterocycles. The molecule has 2 heterocycles. The Labute approximate surface area is 196 Å². The number of nitrogens with zero attached hydrogens (tertiary/aromatic N) is 3. The second-order valence-electron chi connectivity index (χ2n) is 7.66.